The molecular formula is C10H11BrO3S. The molecule has 0 fully saturated rings. The Labute approximate surface area is 97.5 Å². The molecule has 5 heteroatoms. The van der Waals surface area contributed by atoms with Gasteiger partial charge in [-0.15, -0.1) is 0 Å². The first-order valence-corrected chi connectivity index (χ1v) is 7.05. The SMILES string of the molecule is CS(=O)(=O)c1cc(Br)ccc1CCC=O. The van der Waals surface area contributed by atoms with Crippen molar-refractivity contribution >= 4 is 32.1 Å². The van der Waals surface area contributed by atoms with Gasteiger partial charge < -0.3 is 4.79 Å². The van der Waals surface area contributed by atoms with Crippen molar-refractivity contribution in [3.8, 4) is 0 Å². The third-order valence-electron chi connectivity index (χ3n) is 1.96. The molecule has 3 nitrogen and oxygen atoms in total. The van der Waals surface area contributed by atoms with E-state index in [0.29, 0.717) is 23.3 Å². The number of aldehydes is 1. The van der Waals surface area contributed by atoms with Crippen LogP contribution in [0.2, 0.25) is 0 Å². The third-order valence-corrected chi connectivity index (χ3v) is 3.63. The Kier molecular flexibility index (Phi) is 4.04. The molecule has 1 aromatic carbocycles. The van der Waals surface area contributed by atoms with E-state index in [1.54, 1.807) is 18.2 Å². The molecular weight excluding hydrogens is 280 g/mol. The zero-order valence-corrected chi connectivity index (χ0v) is 10.6. The minimum absolute atomic E-state index is 0.290. The number of rotatable bonds is 4. The Bertz CT molecular complexity index is 466. The van der Waals surface area contributed by atoms with Gasteiger partial charge in [-0.2, -0.15) is 0 Å². The van der Waals surface area contributed by atoms with Crippen molar-refractivity contribution in [2.75, 3.05) is 6.26 Å². The molecule has 15 heavy (non-hydrogen) atoms. The standard InChI is InChI=1S/C10H11BrO3S/c1-15(13,14)10-7-9(11)5-4-8(10)3-2-6-12/h4-7H,2-3H2,1H3. The van der Waals surface area contributed by atoms with E-state index >= 15 is 0 Å². The van der Waals surface area contributed by atoms with Gasteiger partial charge in [0.05, 0.1) is 4.90 Å². The first-order chi connectivity index (χ1) is 6.95. The number of carbonyl (C=O) groups excluding carboxylic acids is 1. The largest absolute Gasteiger partial charge is 0.303 e. The molecule has 0 aliphatic heterocycles. The summed E-state index contributed by atoms with van der Waals surface area (Å²) in [6.07, 6.45) is 2.75. The average molecular weight is 291 g/mol. The molecule has 0 radical (unpaired) electrons. The van der Waals surface area contributed by atoms with Crippen molar-refractivity contribution in [2.45, 2.75) is 17.7 Å². The summed E-state index contributed by atoms with van der Waals surface area (Å²) in [5.74, 6) is 0. The molecule has 0 N–H and O–H groups in total. The highest BCUT2D eigenvalue weighted by molar-refractivity contribution is 9.10. The van der Waals surface area contributed by atoms with Crippen LogP contribution in [0.4, 0.5) is 0 Å². The van der Waals surface area contributed by atoms with Gasteiger partial charge in [-0.05, 0) is 24.1 Å². The average Bonchev–Trinajstić information content (AvgIpc) is 2.14. The van der Waals surface area contributed by atoms with Crippen molar-refractivity contribution in [2.24, 2.45) is 0 Å². The fourth-order valence-electron chi connectivity index (χ4n) is 1.29. The van der Waals surface area contributed by atoms with Gasteiger partial charge in [0.15, 0.2) is 9.84 Å². The molecule has 0 amide bonds. The van der Waals surface area contributed by atoms with Gasteiger partial charge in [0, 0.05) is 17.1 Å². The van der Waals surface area contributed by atoms with Crippen molar-refractivity contribution in [1.29, 1.82) is 0 Å². The summed E-state index contributed by atoms with van der Waals surface area (Å²) in [6, 6.07) is 5.06. The van der Waals surface area contributed by atoms with Gasteiger partial charge in [0.25, 0.3) is 0 Å². The van der Waals surface area contributed by atoms with Gasteiger partial charge in [-0.25, -0.2) is 8.42 Å². The first-order valence-electron chi connectivity index (χ1n) is 4.37. The van der Waals surface area contributed by atoms with Gasteiger partial charge in [-0.3, -0.25) is 0 Å². The Hall–Kier alpha value is -0.680. The lowest BCUT2D eigenvalue weighted by atomic mass is 10.1. The van der Waals surface area contributed by atoms with Crippen molar-refractivity contribution in [1.82, 2.24) is 0 Å². The second-order valence-electron chi connectivity index (χ2n) is 3.23. The summed E-state index contributed by atoms with van der Waals surface area (Å²) in [7, 11) is -3.23. The van der Waals surface area contributed by atoms with E-state index in [1.807, 2.05) is 0 Å². The maximum absolute atomic E-state index is 11.5. The monoisotopic (exact) mass is 290 g/mol. The van der Waals surface area contributed by atoms with Gasteiger partial charge in [0.2, 0.25) is 0 Å². The molecule has 0 saturated heterocycles. The van der Waals surface area contributed by atoms with Crippen LogP contribution in [0, 0.1) is 0 Å². The van der Waals surface area contributed by atoms with Crippen LogP contribution in [0.5, 0.6) is 0 Å². The van der Waals surface area contributed by atoms with E-state index in [9.17, 15) is 13.2 Å². The predicted molar refractivity (Wildman–Crippen MR) is 61.6 cm³/mol. The van der Waals surface area contributed by atoms with Crippen molar-refractivity contribution in [3.63, 3.8) is 0 Å². The number of carbonyl (C=O) groups is 1. The number of hydrogen-bond donors (Lipinski definition) is 0. The zero-order valence-electron chi connectivity index (χ0n) is 8.23. The third kappa shape index (κ3) is 3.43. The molecule has 0 aromatic heterocycles. The maximum atomic E-state index is 11.5. The van der Waals surface area contributed by atoms with E-state index in [-0.39, 0.29) is 0 Å². The van der Waals surface area contributed by atoms with E-state index in [4.69, 9.17) is 0 Å². The lowest BCUT2D eigenvalue weighted by Gasteiger charge is -2.06. The highest BCUT2D eigenvalue weighted by Gasteiger charge is 2.13. The van der Waals surface area contributed by atoms with Crippen LogP contribution in [0.25, 0.3) is 0 Å². The second kappa shape index (κ2) is 4.90. The summed E-state index contributed by atoms with van der Waals surface area (Å²) in [6.45, 7) is 0. The molecule has 0 bridgehead atoms. The fourth-order valence-corrected chi connectivity index (χ4v) is 2.79. The van der Waals surface area contributed by atoms with Crippen LogP contribution < -0.4 is 0 Å². The molecule has 1 aromatic rings. The number of aryl methyl sites for hydroxylation is 1. The molecule has 0 atom stereocenters. The van der Waals surface area contributed by atoms with Crippen LogP contribution in [-0.4, -0.2) is 21.0 Å². The predicted octanol–water partition coefficient (Wildman–Crippen LogP) is 1.98. The van der Waals surface area contributed by atoms with E-state index in [2.05, 4.69) is 15.9 Å². The van der Waals surface area contributed by atoms with E-state index in [0.717, 1.165) is 10.8 Å². The second-order valence-corrected chi connectivity index (χ2v) is 6.13. The fraction of sp³-hybridized carbons (Fsp3) is 0.300. The summed E-state index contributed by atoms with van der Waals surface area (Å²) < 4.78 is 23.6. The maximum Gasteiger partial charge on any atom is 0.175 e. The topological polar surface area (TPSA) is 51.2 Å². The Morgan fingerprint density at radius 1 is 1.40 bits per heavy atom. The molecule has 0 unspecified atom stereocenters. The normalized spacial score (nSPS) is 11.3. The van der Waals surface area contributed by atoms with Gasteiger partial charge in [0.1, 0.15) is 6.29 Å². The quantitative estimate of drug-likeness (QED) is 0.797. The molecule has 0 aliphatic rings. The van der Waals surface area contributed by atoms with Crippen molar-refractivity contribution < 1.29 is 13.2 Å². The van der Waals surface area contributed by atoms with Gasteiger partial charge in [-0.1, -0.05) is 22.0 Å². The van der Waals surface area contributed by atoms with Crippen LogP contribution in [0.1, 0.15) is 12.0 Å². The molecule has 0 spiro atoms. The highest BCUT2D eigenvalue weighted by Crippen LogP contribution is 2.22. The number of halogens is 1. The summed E-state index contributed by atoms with van der Waals surface area (Å²) >= 11 is 3.22. The Morgan fingerprint density at radius 3 is 2.60 bits per heavy atom. The summed E-state index contributed by atoms with van der Waals surface area (Å²) in [4.78, 5) is 10.5. The smallest absolute Gasteiger partial charge is 0.175 e. The van der Waals surface area contributed by atoms with E-state index < -0.39 is 9.84 Å². The molecule has 0 saturated carbocycles. The van der Waals surface area contributed by atoms with Crippen LogP contribution >= 0.6 is 15.9 Å². The molecule has 1 rings (SSSR count). The van der Waals surface area contributed by atoms with E-state index in [1.165, 1.54) is 6.26 Å². The first kappa shape index (κ1) is 12.4. The lowest BCUT2D eigenvalue weighted by Crippen LogP contribution is -2.02. The summed E-state index contributed by atoms with van der Waals surface area (Å²) in [5, 5.41) is 0. The Balaban J connectivity index is 3.21. The highest BCUT2D eigenvalue weighted by atomic mass is 79.9. The number of sulfone groups is 1. The number of hydrogen-bond acceptors (Lipinski definition) is 3. The van der Waals surface area contributed by atoms with Crippen LogP contribution in [-0.2, 0) is 21.1 Å². The van der Waals surface area contributed by atoms with Crippen LogP contribution in [0.3, 0.4) is 0 Å². The zero-order chi connectivity index (χ0) is 11.5. The van der Waals surface area contributed by atoms with Gasteiger partial charge >= 0.3 is 0 Å². The number of benzene rings is 1. The molecule has 0 aliphatic carbocycles. The Morgan fingerprint density at radius 2 is 2.07 bits per heavy atom. The van der Waals surface area contributed by atoms with Crippen molar-refractivity contribution in [3.05, 3.63) is 28.2 Å². The lowest BCUT2D eigenvalue weighted by molar-refractivity contribution is -0.107. The van der Waals surface area contributed by atoms with Crippen LogP contribution in [0.15, 0.2) is 27.6 Å². The summed E-state index contributed by atoms with van der Waals surface area (Å²) in [5.41, 5.74) is 0.688. The minimum Gasteiger partial charge on any atom is -0.303 e. The molecule has 82 valence electrons. The minimum atomic E-state index is -3.23. The molecule has 0 heterocycles.